The van der Waals surface area contributed by atoms with Gasteiger partial charge in [-0.25, -0.2) is 23.4 Å². The van der Waals surface area contributed by atoms with Gasteiger partial charge in [0.15, 0.2) is 0 Å². The number of imidazole rings is 1. The Bertz CT molecular complexity index is 1020. The molecule has 8 nitrogen and oxygen atoms in total. The number of sulfonamides is 1. The Morgan fingerprint density at radius 2 is 1.67 bits per heavy atom. The van der Waals surface area contributed by atoms with Crippen molar-refractivity contribution in [3.8, 4) is 5.82 Å². The van der Waals surface area contributed by atoms with Gasteiger partial charge in [0.25, 0.3) is 0 Å². The molecule has 1 fully saturated rings. The predicted molar refractivity (Wildman–Crippen MR) is 109 cm³/mol. The second-order valence-electron chi connectivity index (χ2n) is 6.05. The summed E-state index contributed by atoms with van der Waals surface area (Å²) in [4.78, 5) is 15.0. The molecule has 2 aromatic heterocycles. The summed E-state index contributed by atoms with van der Waals surface area (Å²) < 4.78 is 30.0. The number of hydrogen-bond donors (Lipinski definition) is 0. The minimum absolute atomic E-state index is 0.334. The van der Waals surface area contributed by atoms with E-state index >= 15 is 0 Å². The Labute approximate surface area is 171 Å². The van der Waals surface area contributed by atoms with Crippen LogP contribution in [0.25, 0.3) is 5.82 Å². The van der Waals surface area contributed by atoms with Gasteiger partial charge in [0.1, 0.15) is 24.3 Å². The standard InChI is InChI=1S/C17H17IN6O2S/c18-14-1-3-15(4-2-14)27(25,26)24-9-7-22(8-10-24)16-11-17(21-12-20-16)23-6-5-19-13-23/h1-6,11-13H,7-10H2. The van der Waals surface area contributed by atoms with Crippen LogP contribution >= 0.6 is 22.6 Å². The van der Waals surface area contributed by atoms with Crippen LogP contribution in [0.3, 0.4) is 0 Å². The zero-order valence-corrected chi connectivity index (χ0v) is 17.3. The fraction of sp³-hybridized carbons (Fsp3) is 0.235. The Balaban J connectivity index is 1.48. The first kappa shape index (κ1) is 18.3. The lowest BCUT2D eigenvalue weighted by Crippen LogP contribution is -2.48. The molecule has 1 aromatic carbocycles. The number of rotatable bonds is 4. The van der Waals surface area contributed by atoms with Gasteiger partial charge >= 0.3 is 0 Å². The normalized spacial score (nSPS) is 15.8. The highest BCUT2D eigenvalue weighted by molar-refractivity contribution is 14.1. The van der Waals surface area contributed by atoms with Gasteiger partial charge in [0, 0.05) is 48.2 Å². The highest BCUT2D eigenvalue weighted by Gasteiger charge is 2.29. The zero-order chi connectivity index (χ0) is 18.9. The summed E-state index contributed by atoms with van der Waals surface area (Å²) in [5, 5.41) is 0. The third-order valence-electron chi connectivity index (χ3n) is 4.42. The highest BCUT2D eigenvalue weighted by Crippen LogP contribution is 2.21. The lowest BCUT2D eigenvalue weighted by atomic mass is 10.3. The molecule has 0 atom stereocenters. The van der Waals surface area contributed by atoms with Gasteiger partial charge in [0.2, 0.25) is 10.0 Å². The summed E-state index contributed by atoms with van der Waals surface area (Å²) in [5.41, 5.74) is 0. The molecule has 1 saturated heterocycles. The van der Waals surface area contributed by atoms with Crippen LogP contribution in [-0.4, -0.2) is 58.4 Å². The summed E-state index contributed by atoms with van der Waals surface area (Å²) in [6.07, 6.45) is 6.70. The fourth-order valence-corrected chi connectivity index (χ4v) is 4.74. The van der Waals surface area contributed by atoms with Crippen LogP contribution in [0, 0.1) is 3.57 Å². The van der Waals surface area contributed by atoms with Crippen LogP contribution in [0.4, 0.5) is 5.82 Å². The number of benzene rings is 1. The lowest BCUT2D eigenvalue weighted by Gasteiger charge is -2.34. The zero-order valence-electron chi connectivity index (χ0n) is 14.3. The molecular weight excluding hydrogens is 479 g/mol. The Morgan fingerprint density at radius 3 is 2.33 bits per heavy atom. The van der Waals surface area contributed by atoms with Gasteiger partial charge in [-0.3, -0.25) is 4.57 Å². The van der Waals surface area contributed by atoms with E-state index in [1.807, 2.05) is 29.0 Å². The molecule has 0 aliphatic carbocycles. The van der Waals surface area contributed by atoms with E-state index in [4.69, 9.17) is 0 Å². The first-order chi connectivity index (χ1) is 13.0. The number of piperazine rings is 1. The van der Waals surface area contributed by atoms with Crippen molar-refractivity contribution in [2.75, 3.05) is 31.1 Å². The molecule has 3 aromatic rings. The molecule has 3 heterocycles. The number of halogens is 1. The maximum absolute atomic E-state index is 12.8. The molecule has 0 radical (unpaired) electrons. The summed E-state index contributed by atoms with van der Waals surface area (Å²) in [6, 6.07) is 8.81. The van der Waals surface area contributed by atoms with Crippen molar-refractivity contribution < 1.29 is 8.42 Å². The van der Waals surface area contributed by atoms with Gasteiger partial charge in [0.05, 0.1) is 4.90 Å². The van der Waals surface area contributed by atoms with E-state index in [0.717, 1.165) is 15.2 Å². The van der Waals surface area contributed by atoms with E-state index in [1.54, 1.807) is 24.7 Å². The monoisotopic (exact) mass is 496 g/mol. The van der Waals surface area contributed by atoms with Crippen molar-refractivity contribution in [2.24, 2.45) is 0 Å². The van der Waals surface area contributed by atoms with Gasteiger partial charge < -0.3 is 4.90 Å². The quantitative estimate of drug-likeness (QED) is 0.513. The third kappa shape index (κ3) is 3.82. The molecule has 1 aliphatic rings. The Kier molecular flexibility index (Phi) is 5.10. The smallest absolute Gasteiger partial charge is 0.243 e. The maximum atomic E-state index is 12.8. The van der Waals surface area contributed by atoms with E-state index in [1.165, 1.54) is 10.6 Å². The number of anilines is 1. The summed E-state index contributed by atoms with van der Waals surface area (Å²) in [7, 11) is -3.47. The van der Waals surface area contributed by atoms with Crippen LogP contribution < -0.4 is 4.90 Å². The molecule has 4 rings (SSSR count). The molecule has 0 spiro atoms. The van der Waals surface area contributed by atoms with E-state index in [9.17, 15) is 8.42 Å². The minimum Gasteiger partial charge on any atom is -0.354 e. The predicted octanol–water partition coefficient (Wildman–Crippen LogP) is 1.78. The van der Waals surface area contributed by atoms with Crippen molar-refractivity contribution in [1.29, 1.82) is 0 Å². The SMILES string of the molecule is O=S(=O)(c1ccc(I)cc1)N1CCN(c2cc(-n3ccnc3)ncn2)CC1. The van der Waals surface area contributed by atoms with Gasteiger partial charge in [-0.05, 0) is 46.9 Å². The van der Waals surface area contributed by atoms with Crippen LogP contribution in [0.5, 0.6) is 0 Å². The average Bonchev–Trinajstić information content (AvgIpc) is 3.23. The molecule has 0 saturated carbocycles. The van der Waals surface area contributed by atoms with Crippen LogP contribution in [0.15, 0.2) is 60.3 Å². The third-order valence-corrected chi connectivity index (χ3v) is 7.05. The fourth-order valence-electron chi connectivity index (χ4n) is 2.96. The van der Waals surface area contributed by atoms with E-state index in [0.29, 0.717) is 31.1 Å². The number of hydrogen-bond acceptors (Lipinski definition) is 6. The van der Waals surface area contributed by atoms with E-state index in [2.05, 4.69) is 42.4 Å². The Hall–Kier alpha value is -2.05. The summed E-state index contributed by atoms with van der Waals surface area (Å²) in [6.45, 7) is 1.98. The van der Waals surface area contributed by atoms with E-state index < -0.39 is 10.0 Å². The largest absolute Gasteiger partial charge is 0.354 e. The first-order valence-electron chi connectivity index (χ1n) is 8.35. The average molecular weight is 496 g/mol. The minimum atomic E-state index is -3.47. The summed E-state index contributed by atoms with van der Waals surface area (Å²) >= 11 is 2.16. The van der Waals surface area contributed by atoms with Crippen molar-refractivity contribution in [3.63, 3.8) is 0 Å². The van der Waals surface area contributed by atoms with Gasteiger partial charge in [-0.2, -0.15) is 4.31 Å². The van der Waals surface area contributed by atoms with Crippen molar-refractivity contribution in [1.82, 2.24) is 23.8 Å². The van der Waals surface area contributed by atoms with Gasteiger partial charge in [-0.15, -0.1) is 0 Å². The summed E-state index contributed by atoms with van der Waals surface area (Å²) in [5.74, 6) is 1.51. The van der Waals surface area contributed by atoms with Crippen LogP contribution in [-0.2, 0) is 10.0 Å². The number of aromatic nitrogens is 4. The van der Waals surface area contributed by atoms with Crippen molar-refractivity contribution in [3.05, 3.63) is 59.0 Å². The maximum Gasteiger partial charge on any atom is 0.243 e. The molecule has 0 bridgehead atoms. The Morgan fingerprint density at radius 1 is 0.963 bits per heavy atom. The molecule has 0 amide bonds. The number of nitrogens with zero attached hydrogens (tertiary/aromatic N) is 6. The second-order valence-corrected chi connectivity index (χ2v) is 9.23. The van der Waals surface area contributed by atoms with Gasteiger partial charge in [-0.1, -0.05) is 0 Å². The van der Waals surface area contributed by atoms with Crippen LogP contribution in [0.2, 0.25) is 0 Å². The van der Waals surface area contributed by atoms with E-state index in [-0.39, 0.29) is 0 Å². The molecule has 10 heteroatoms. The molecular formula is C17H17IN6O2S. The van der Waals surface area contributed by atoms with Crippen molar-refractivity contribution >= 4 is 38.4 Å². The van der Waals surface area contributed by atoms with Crippen molar-refractivity contribution in [2.45, 2.75) is 4.90 Å². The second kappa shape index (κ2) is 7.52. The molecule has 1 aliphatic heterocycles. The topological polar surface area (TPSA) is 84.2 Å². The highest BCUT2D eigenvalue weighted by atomic mass is 127. The van der Waals surface area contributed by atoms with Crippen LogP contribution in [0.1, 0.15) is 0 Å². The molecule has 27 heavy (non-hydrogen) atoms. The first-order valence-corrected chi connectivity index (χ1v) is 10.9. The molecule has 0 N–H and O–H groups in total. The molecule has 0 unspecified atom stereocenters. The molecule has 140 valence electrons. The lowest BCUT2D eigenvalue weighted by molar-refractivity contribution is 0.383.